The molecule has 0 fully saturated rings. The highest BCUT2D eigenvalue weighted by atomic mass is 79.9. The van der Waals surface area contributed by atoms with E-state index in [2.05, 4.69) is 31.5 Å². The Morgan fingerprint density at radius 1 is 1.03 bits per heavy atom. The Hall–Kier alpha value is -3.43. The van der Waals surface area contributed by atoms with Gasteiger partial charge in [-0.15, -0.1) is 22.7 Å². The molecule has 0 radical (unpaired) electrons. The van der Waals surface area contributed by atoms with Crippen LogP contribution in [0.1, 0.15) is 5.56 Å². The number of halogens is 2. The summed E-state index contributed by atoms with van der Waals surface area (Å²) in [4.78, 5) is 41.0. The molecule has 15 heteroatoms. The smallest absolute Gasteiger partial charge is 0.333 e. The Balaban J connectivity index is 1.32. The molecule has 39 heavy (non-hydrogen) atoms. The first-order chi connectivity index (χ1) is 18.6. The van der Waals surface area contributed by atoms with E-state index in [0.29, 0.717) is 17.4 Å². The van der Waals surface area contributed by atoms with Crippen LogP contribution in [0.5, 0.6) is 0 Å². The van der Waals surface area contributed by atoms with Gasteiger partial charge in [0.15, 0.2) is 0 Å². The maximum absolute atomic E-state index is 13.2. The predicted molar refractivity (Wildman–Crippen MR) is 158 cm³/mol. The van der Waals surface area contributed by atoms with Crippen LogP contribution in [0.4, 0.5) is 16.2 Å². The van der Waals surface area contributed by atoms with Crippen LogP contribution in [0.2, 0.25) is 4.34 Å². The standard InChI is InChI=1S/C24H17BrClN5O5S3/c25-19-9-13(12-37-19)11-27-15-3-6-17-18(10-15)29-24(34)31(22(17)32)16-4-1-14(2-5-16)28-23(33)30-39(35,36)21-8-7-20(26)38-21/h1-10,12,27H,11H2,(H,29,34)(H2,28,30,33). The minimum absolute atomic E-state index is 0.105. The third-order valence-corrected chi connectivity index (χ3v) is 10.0. The molecule has 3 aromatic heterocycles. The van der Waals surface area contributed by atoms with Crippen LogP contribution < -0.4 is 26.6 Å². The van der Waals surface area contributed by atoms with Crippen molar-refractivity contribution in [1.82, 2.24) is 14.3 Å². The van der Waals surface area contributed by atoms with Gasteiger partial charge in [-0.3, -0.25) is 4.79 Å². The Labute approximate surface area is 242 Å². The molecule has 2 aromatic carbocycles. The Morgan fingerprint density at radius 2 is 1.77 bits per heavy atom. The van der Waals surface area contributed by atoms with Crippen molar-refractivity contribution in [2.75, 3.05) is 10.6 Å². The summed E-state index contributed by atoms with van der Waals surface area (Å²) in [7, 11) is -4.09. The summed E-state index contributed by atoms with van der Waals surface area (Å²) in [5, 5.41) is 8.02. The van der Waals surface area contributed by atoms with Crippen molar-refractivity contribution < 1.29 is 13.2 Å². The fourth-order valence-corrected chi connectivity index (χ4v) is 7.27. The number of sulfonamides is 1. The fraction of sp³-hybridized carbons (Fsp3) is 0.0417. The molecule has 0 atom stereocenters. The van der Waals surface area contributed by atoms with E-state index in [4.69, 9.17) is 11.6 Å². The lowest BCUT2D eigenvalue weighted by Crippen LogP contribution is -2.34. The summed E-state index contributed by atoms with van der Waals surface area (Å²) < 4.78 is 28.7. The van der Waals surface area contributed by atoms with Gasteiger partial charge in [-0.25, -0.2) is 27.3 Å². The number of H-pyrrole nitrogens is 1. The van der Waals surface area contributed by atoms with Crippen molar-refractivity contribution in [1.29, 1.82) is 0 Å². The molecule has 5 aromatic rings. The van der Waals surface area contributed by atoms with E-state index >= 15 is 0 Å². The number of nitrogens with one attached hydrogen (secondary N) is 4. The topological polar surface area (TPSA) is 142 Å². The van der Waals surface area contributed by atoms with Crippen LogP contribution in [0.15, 0.2) is 83.6 Å². The Bertz CT molecular complexity index is 1930. The van der Waals surface area contributed by atoms with E-state index in [1.807, 2.05) is 16.2 Å². The summed E-state index contributed by atoms with van der Waals surface area (Å²) >= 11 is 11.6. The van der Waals surface area contributed by atoms with Crippen molar-refractivity contribution >= 4 is 88.5 Å². The monoisotopic (exact) mass is 665 g/mol. The molecule has 0 aliphatic rings. The summed E-state index contributed by atoms with van der Waals surface area (Å²) in [6.45, 7) is 0.585. The van der Waals surface area contributed by atoms with E-state index in [-0.39, 0.29) is 19.9 Å². The Morgan fingerprint density at radius 3 is 2.44 bits per heavy atom. The number of amides is 2. The van der Waals surface area contributed by atoms with Crippen molar-refractivity contribution in [2.24, 2.45) is 0 Å². The van der Waals surface area contributed by atoms with Crippen LogP contribution in [0.25, 0.3) is 16.6 Å². The van der Waals surface area contributed by atoms with Crippen LogP contribution in [-0.4, -0.2) is 24.0 Å². The quantitative estimate of drug-likeness (QED) is 0.185. The maximum atomic E-state index is 13.2. The van der Waals surface area contributed by atoms with Gasteiger partial charge in [0, 0.05) is 17.9 Å². The van der Waals surface area contributed by atoms with Gasteiger partial charge in [0.25, 0.3) is 15.6 Å². The zero-order chi connectivity index (χ0) is 27.7. The number of hydrogen-bond donors (Lipinski definition) is 4. The highest BCUT2D eigenvalue weighted by Crippen LogP contribution is 2.25. The lowest BCUT2D eigenvalue weighted by atomic mass is 10.2. The van der Waals surface area contributed by atoms with E-state index < -0.39 is 27.3 Å². The number of urea groups is 1. The summed E-state index contributed by atoms with van der Waals surface area (Å²) in [5.74, 6) is 0. The Kier molecular flexibility index (Phi) is 7.64. The first-order valence-electron chi connectivity index (χ1n) is 11.0. The number of benzene rings is 2. The van der Waals surface area contributed by atoms with Gasteiger partial charge < -0.3 is 15.6 Å². The highest BCUT2D eigenvalue weighted by Gasteiger charge is 2.20. The van der Waals surface area contributed by atoms with Crippen LogP contribution in [-0.2, 0) is 16.6 Å². The molecule has 4 N–H and O–H groups in total. The van der Waals surface area contributed by atoms with Crippen LogP contribution in [0, 0.1) is 0 Å². The van der Waals surface area contributed by atoms with Crippen molar-refractivity contribution in [3.63, 3.8) is 0 Å². The summed E-state index contributed by atoms with van der Waals surface area (Å²) in [5.41, 5.74) is 1.60. The third-order valence-electron chi connectivity index (χ3n) is 5.44. The molecule has 0 bridgehead atoms. The number of anilines is 2. The second kappa shape index (κ2) is 11.0. The molecule has 0 saturated heterocycles. The van der Waals surface area contributed by atoms with Gasteiger partial charge in [0.05, 0.1) is 24.7 Å². The average Bonchev–Trinajstić information content (AvgIpc) is 3.51. The minimum atomic E-state index is -4.09. The van der Waals surface area contributed by atoms with Crippen LogP contribution >= 0.6 is 50.2 Å². The molecule has 3 heterocycles. The second-order valence-electron chi connectivity index (χ2n) is 8.11. The highest BCUT2D eigenvalue weighted by molar-refractivity contribution is 9.11. The summed E-state index contributed by atoms with van der Waals surface area (Å²) in [6.07, 6.45) is 0. The molecule has 0 saturated carbocycles. The zero-order valence-corrected chi connectivity index (χ0v) is 24.3. The maximum Gasteiger partial charge on any atom is 0.333 e. The molecule has 0 spiro atoms. The number of carbonyl (C=O) groups is 1. The molecular formula is C24H17BrClN5O5S3. The van der Waals surface area contributed by atoms with E-state index in [9.17, 15) is 22.8 Å². The number of nitrogens with zero attached hydrogens (tertiary/aromatic N) is 1. The molecular weight excluding hydrogens is 650 g/mol. The van der Waals surface area contributed by atoms with Gasteiger partial charge in [-0.2, -0.15) is 0 Å². The number of fused-ring (bicyclic) bond motifs is 1. The molecule has 2 amide bonds. The summed E-state index contributed by atoms with van der Waals surface area (Å²) in [6, 6.07) is 14.6. The number of thiophene rings is 2. The number of hydrogen-bond acceptors (Lipinski definition) is 8. The third kappa shape index (κ3) is 6.09. The molecule has 0 aliphatic heterocycles. The minimum Gasteiger partial charge on any atom is -0.381 e. The van der Waals surface area contributed by atoms with E-state index in [0.717, 1.165) is 30.9 Å². The molecule has 5 rings (SSSR count). The fourth-order valence-electron chi connectivity index (χ4n) is 3.67. The second-order valence-corrected chi connectivity index (χ2v) is 14.0. The molecule has 10 nitrogen and oxygen atoms in total. The van der Waals surface area contributed by atoms with Gasteiger partial charge in [-0.1, -0.05) is 11.6 Å². The van der Waals surface area contributed by atoms with Gasteiger partial charge in [0.2, 0.25) is 0 Å². The average molecular weight is 667 g/mol. The normalized spacial score (nSPS) is 11.4. The number of aromatic nitrogens is 2. The molecule has 0 unspecified atom stereocenters. The molecule has 200 valence electrons. The number of carbonyl (C=O) groups excluding carboxylic acids is 1. The lowest BCUT2D eigenvalue weighted by Gasteiger charge is -2.10. The van der Waals surface area contributed by atoms with Crippen molar-refractivity contribution in [3.8, 4) is 5.69 Å². The van der Waals surface area contributed by atoms with Gasteiger partial charge in [-0.05, 0) is 87.5 Å². The first kappa shape index (κ1) is 27.1. The van der Waals surface area contributed by atoms with Crippen molar-refractivity contribution in [3.05, 3.63) is 101 Å². The largest absolute Gasteiger partial charge is 0.381 e. The van der Waals surface area contributed by atoms with E-state index in [1.165, 1.54) is 36.4 Å². The van der Waals surface area contributed by atoms with Crippen molar-refractivity contribution in [2.45, 2.75) is 10.8 Å². The zero-order valence-electron chi connectivity index (χ0n) is 19.5. The number of aromatic amines is 1. The SMILES string of the molecule is O=C(Nc1ccc(-n2c(=O)[nH]c3cc(NCc4csc(Br)c4)ccc3c2=O)cc1)NS(=O)(=O)c1ccc(Cl)s1. The predicted octanol–water partition coefficient (Wildman–Crippen LogP) is 5.34. The van der Waals surface area contributed by atoms with Gasteiger partial charge >= 0.3 is 11.7 Å². The van der Waals surface area contributed by atoms with E-state index in [1.54, 1.807) is 29.5 Å². The number of rotatable bonds is 7. The van der Waals surface area contributed by atoms with Gasteiger partial charge in [0.1, 0.15) is 4.21 Å². The first-order valence-corrected chi connectivity index (χ1v) is 15.4. The molecule has 0 aliphatic carbocycles. The van der Waals surface area contributed by atoms with Crippen LogP contribution in [0.3, 0.4) is 0 Å². The lowest BCUT2D eigenvalue weighted by molar-refractivity contribution is 0.256.